The van der Waals surface area contributed by atoms with Gasteiger partial charge in [-0.1, -0.05) is 24.3 Å². The van der Waals surface area contributed by atoms with Gasteiger partial charge in [0.05, 0.1) is 11.3 Å². The Bertz CT molecular complexity index is 1250. The normalized spacial score (nSPS) is 12.6. The van der Waals surface area contributed by atoms with Crippen LogP contribution in [0, 0.1) is 6.92 Å². The number of rotatable bonds is 7. The molecule has 170 valence electrons. The summed E-state index contributed by atoms with van der Waals surface area (Å²) in [5, 5.41) is 2.86. The van der Waals surface area contributed by atoms with Crippen LogP contribution in [0.3, 0.4) is 0 Å². The molecule has 0 saturated heterocycles. The number of alkyl halides is 3. The highest BCUT2D eigenvalue weighted by atomic mass is 19.4. The number of carbonyl (C=O) groups excluding carboxylic acids is 1. The number of nitrogens with one attached hydrogen (secondary N) is 1. The van der Waals surface area contributed by atoms with Crippen LogP contribution in [0.5, 0.6) is 0 Å². The maximum Gasteiger partial charge on any atom is 0.416 e. The number of hydrogen-bond acceptors (Lipinski definition) is 3. The van der Waals surface area contributed by atoms with E-state index in [9.17, 15) is 18.0 Å². The largest absolute Gasteiger partial charge is 0.416 e. The lowest BCUT2D eigenvalue weighted by atomic mass is 9.91. The minimum absolute atomic E-state index is 0.00873. The fraction of sp³-hybridized carbons (Fsp3) is 0.240. The molecule has 0 fully saturated rings. The molecular formula is C25H23F3N4O. The van der Waals surface area contributed by atoms with Gasteiger partial charge in [-0.25, -0.2) is 4.98 Å². The minimum atomic E-state index is -4.47. The van der Waals surface area contributed by atoms with E-state index in [1.165, 1.54) is 6.07 Å². The van der Waals surface area contributed by atoms with Gasteiger partial charge in [0.1, 0.15) is 5.65 Å². The van der Waals surface area contributed by atoms with Gasteiger partial charge in [-0.3, -0.25) is 9.78 Å². The molecule has 0 aliphatic heterocycles. The molecule has 0 aliphatic rings. The topological polar surface area (TPSA) is 59.3 Å². The van der Waals surface area contributed by atoms with Crippen molar-refractivity contribution in [3.05, 3.63) is 101 Å². The van der Waals surface area contributed by atoms with Gasteiger partial charge in [0.25, 0.3) is 0 Å². The summed E-state index contributed by atoms with van der Waals surface area (Å²) >= 11 is 0. The van der Waals surface area contributed by atoms with Crippen molar-refractivity contribution in [2.75, 3.05) is 6.54 Å². The number of fused-ring (bicyclic) bond motifs is 1. The number of aryl methyl sites for hydroxylation is 1. The summed E-state index contributed by atoms with van der Waals surface area (Å²) in [5.41, 5.74) is 2.87. The van der Waals surface area contributed by atoms with Crippen LogP contribution >= 0.6 is 0 Å². The molecule has 1 atom stereocenters. The van der Waals surface area contributed by atoms with Crippen LogP contribution in [0.1, 0.15) is 40.4 Å². The van der Waals surface area contributed by atoms with Crippen LogP contribution in [0.2, 0.25) is 0 Å². The molecule has 0 bridgehead atoms. The van der Waals surface area contributed by atoms with Crippen molar-refractivity contribution in [1.29, 1.82) is 0 Å². The Morgan fingerprint density at radius 2 is 1.94 bits per heavy atom. The third kappa shape index (κ3) is 5.39. The third-order valence-corrected chi connectivity index (χ3v) is 5.49. The SMILES string of the molecule is Cc1ccn2c(C(CC(=O)NCCc3ccccn3)c3cccc(C(F)(F)F)c3)cnc2c1. The number of pyridine rings is 2. The van der Waals surface area contributed by atoms with Gasteiger partial charge in [0.15, 0.2) is 0 Å². The van der Waals surface area contributed by atoms with Gasteiger partial charge in [-0.2, -0.15) is 13.2 Å². The van der Waals surface area contributed by atoms with E-state index in [-0.39, 0.29) is 12.3 Å². The molecule has 5 nitrogen and oxygen atoms in total. The van der Waals surface area contributed by atoms with Crippen LogP contribution in [0.25, 0.3) is 5.65 Å². The lowest BCUT2D eigenvalue weighted by Gasteiger charge is -2.19. The Morgan fingerprint density at radius 1 is 1.09 bits per heavy atom. The van der Waals surface area contributed by atoms with Gasteiger partial charge in [0, 0.05) is 49.6 Å². The maximum atomic E-state index is 13.4. The first-order valence-electron chi connectivity index (χ1n) is 10.6. The average Bonchev–Trinajstić information content (AvgIpc) is 3.20. The third-order valence-electron chi connectivity index (χ3n) is 5.49. The van der Waals surface area contributed by atoms with Crippen molar-refractivity contribution in [3.63, 3.8) is 0 Å². The fourth-order valence-corrected chi connectivity index (χ4v) is 3.82. The quantitative estimate of drug-likeness (QED) is 0.432. The molecule has 4 aromatic rings. The predicted molar refractivity (Wildman–Crippen MR) is 119 cm³/mol. The highest BCUT2D eigenvalue weighted by Gasteiger charge is 2.32. The molecule has 33 heavy (non-hydrogen) atoms. The summed E-state index contributed by atoms with van der Waals surface area (Å²) in [4.78, 5) is 21.4. The Hall–Kier alpha value is -3.68. The van der Waals surface area contributed by atoms with Crippen LogP contribution in [0.15, 0.2) is 73.2 Å². The van der Waals surface area contributed by atoms with Crippen LogP contribution in [-0.4, -0.2) is 26.8 Å². The molecule has 4 rings (SSSR count). The van der Waals surface area contributed by atoms with Crippen LogP contribution in [-0.2, 0) is 17.4 Å². The molecular weight excluding hydrogens is 429 g/mol. The molecule has 3 aromatic heterocycles. The van der Waals surface area contributed by atoms with Crippen molar-refractivity contribution < 1.29 is 18.0 Å². The monoisotopic (exact) mass is 452 g/mol. The molecule has 0 radical (unpaired) electrons. The van der Waals surface area contributed by atoms with E-state index < -0.39 is 17.7 Å². The second kappa shape index (κ2) is 9.44. The van der Waals surface area contributed by atoms with Gasteiger partial charge in [-0.15, -0.1) is 0 Å². The maximum absolute atomic E-state index is 13.4. The van der Waals surface area contributed by atoms with Crippen LogP contribution < -0.4 is 5.32 Å². The molecule has 0 spiro atoms. The molecule has 1 N–H and O–H groups in total. The van der Waals surface area contributed by atoms with E-state index in [1.54, 1.807) is 18.5 Å². The van der Waals surface area contributed by atoms with E-state index in [0.717, 1.165) is 23.4 Å². The average molecular weight is 452 g/mol. The first-order chi connectivity index (χ1) is 15.8. The number of hydrogen-bond donors (Lipinski definition) is 1. The number of imidazole rings is 1. The van der Waals surface area contributed by atoms with Crippen molar-refractivity contribution >= 4 is 11.6 Å². The zero-order chi connectivity index (χ0) is 23.4. The lowest BCUT2D eigenvalue weighted by Crippen LogP contribution is -2.28. The molecule has 1 amide bonds. The Balaban J connectivity index is 1.61. The second-order valence-electron chi connectivity index (χ2n) is 7.92. The number of amides is 1. The number of aromatic nitrogens is 3. The first kappa shape index (κ1) is 22.5. The van der Waals surface area contributed by atoms with E-state index in [2.05, 4.69) is 15.3 Å². The highest BCUT2D eigenvalue weighted by Crippen LogP contribution is 2.34. The Labute approximate surface area is 189 Å². The van der Waals surface area contributed by atoms with Gasteiger partial charge >= 0.3 is 6.18 Å². The first-order valence-corrected chi connectivity index (χ1v) is 10.6. The second-order valence-corrected chi connectivity index (χ2v) is 7.92. The zero-order valence-corrected chi connectivity index (χ0v) is 18.0. The van der Waals surface area contributed by atoms with Crippen molar-refractivity contribution in [1.82, 2.24) is 19.7 Å². The number of nitrogens with zero attached hydrogens (tertiary/aromatic N) is 3. The van der Waals surface area contributed by atoms with Crippen molar-refractivity contribution in [2.24, 2.45) is 0 Å². The molecule has 8 heteroatoms. The molecule has 3 heterocycles. The number of halogens is 3. The van der Waals surface area contributed by atoms with E-state index in [1.807, 2.05) is 47.9 Å². The molecule has 0 aliphatic carbocycles. The smallest absolute Gasteiger partial charge is 0.356 e. The van der Waals surface area contributed by atoms with Crippen LogP contribution in [0.4, 0.5) is 13.2 Å². The fourth-order valence-electron chi connectivity index (χ4n) is 3.82. The van der Waals surface area contributed by atoms with Gasteiger partial charge < -0.3 is 9.72 Å². The lowest BCUT2D eigenvalue weighted by molar-refractivity contribution is -0.137. The molecule has 0 saturated carbocycles. The summed E-state index contributed by atoms with van der Waals surface area (Å²) in [7, 11) is 0. The Kier molecular flexibility index (Phi) is 6.44. The number of carbonyl (C=O) groups is 1. The minimum Gasteiger partial charge on any atom is -0.356 e. The summed E-state index contributed by atoms with van der Waals surface area (Å²) in [6.07, 6.45) is 1.23. The van der Waals surface area contributed by atoms with Crippen molar-refractivity contribution in [3.8, 4) is 0 Å². The molecule has 1 aromatic carbocycles. The van der Waals surface area contributed by atoms with Gasteiger partial charge in [0.2, 0.25) is 5.91 Å². The highest BCUT2D eigenvalue weighted by molar-refractivity contribution is 5.77. The Morgan fingerprint density at radius 3 is 2.70 bits per heavy atom. The van der Waals surface area contributed by atoms with Crippen molar-refractivity contribution in [2.45, 2.75) is 31.9 Å². The van der Waals surface area contributed by atoms with E-state index in [4.69, 9.17) is 0 Å². The molecule has 1 unspecified atom stereocenters. The predicted octanol–water partition coefficient (Wildman–Crippen LogP) is 4.94. The summed E-state index contributed by atoms with van der Waals surface area (Å²) in [5.74, 6) is -0.852. The summed E-state index contributed by atoms with van der Waals surface area (Å²) < 4.78 is 41.9. The number of benzene rings is 1. The van der Waals surface area contributed by atoms with E-state index in [0.29, 0.717) is 29.9 Å². The summed E-state index contributed by atoms with van der Waals surface area (Å²) in [6.45, 7) is 2.32. The van der Waals surface area contributed by atoms with Gasteiger partial charge in [-0.05, 0) is 48.4 Å². The van der Waals surface area contributed by atoms with E-state index >= 15 is 0 Å². The summed E-state index contributed by atoms with van der Waals surface area (Å²) in [6, 6.07) is 14.5. The standard InChI is InChI=1S/C25H23F3N4O/c1-17-9-12-32-22(16-31-23(32)13-17)21(18-5-4-6-19(14-18)25(26,27)28)15-24(33)30-11-8-20-7-2-3-10-29-20/h2-7,9-10,12-14,16,21H,8,11,15H2,1H3,(H,30,33). The zero-order valence-electron chi connectivity index (χ0n) is 18.0.